The van der Waals surface area contributed by atoms with Crippen LogP contribution in [0, 0.1) is 6.92 Å². The molecule has 9 heteroatoms. The van der Waals surface area contributed by atoms with Gasteiger partial charge in [0.15, 0.2) is 0 Å². The molecule has 1 unspecified atom stereocenters. The first-order valence-electron chi connectivity index (χ1n) is 8.59. The lowest BCUT2D eigenvalue weighted by molar-refractivity contribution is 0.265. The van der Waals surface area contributed by atoms with E-state index in [4.69, 9.17) is 16.1 Å². The number of thiophene rings is 1. The summed E-state index contributed by atoms with van der Waals surface area (Å²) in [6.45, 7) is 2.51. The van der Waals surface area contributed by atoms with E-state index in [1.807, 2.05) is 17.5 Å². The first-order chi connectivity index (χ1) is 13.0. The monoisotopic (exact) mass is 423 g/mol. The van der Waals surface area contributed by atoms with E-state index in [-0.39, 0.29) is 10.8 Å². The van der Waals surface area contributed by atoms with Crippen LogP contribution in [-0.4, -0.2) is 36.0 Å². The van der Waals surface area contributed by atoms with E-state index in [0.29, 0.717) is 35.4 Å². The van der Waals surface area contributed by atoms with Crippen LogP contribution >= 0.6 is 22.9 Å². The SMILES string of the molecule is Cc1c(Cl)cccc1S(=O)(=O)N1CCCC(c2nc(-c3cccs3)no2)C1. The van der Waals surface area contributed by atoms with Gasteiger partial charge in [0.2, 0.25) is 21.7 Å². The van der Waals surface area contributed by atoms with Crippen LogP contribution in [0.1, 0.15) is 30.2 Å². The molecular weight excluding hydrogens is 406 g/mol. The Labute approximate surface area is 166 Å². The molecule has 0 radical (unpaired) electrons. The summed E-state index contributed by atoms with van der Waals surface area (Å²) in [4.78, 5) is 5.67. The molecule has 3 heterocycles. The van der Waals surface area contributed by atoms with Gasteiger partial charge in [-0.25, -0.2) is 8.42 Å². The van der Waals surface area contributed by atoms with Crippen molar-refractivity contribution in [3.63, 3.8) is 0 Å². The van der Waals surface area contributed by atoms with Crippen LogP contribution in [0.25, 0.3) is 10.7 Å². The average molecular weight is 424 g/mol. The van der Waals surface area contributed by atoms with E-state index in [1.165, 1.54) is 15.6 Å². The molecule has 1 aliphatic heterocycles. The molecule has 1 aliphatic rings. The molecule has 4 rings (SSSR count). The predicted molar refractivity (Wildman–Crippen MR) is 105 cm³/mol. The summed E-state index contributed by atoms with van der Waals surface area (Å²) in [7, 11) is -3.63. The molecule has 2 aromatic heterocycles. The molecule has 142 valence electrons. The Morgan fingerprint density at radius 1 is 1.30 bits per heavy atom. The minimum absolute atomic E-state index is 0.116. The molecule has 0 spiro atoms. The van der Waals surface area contributed by atoms with Crippen molar-refractivity contribution < 1.29 is 12.9 Å². The Morgan fingerprint density at radius 3 is 2.93 bits per heavy atom. The second-order valence-electron chi connectivity index (χ2n) is 6.50. The third-order valence-corrected chi connectivity index (χ3v) is 8.04. The third-order valence-electron chi connectivity index (χ3n) is 4.75. The predicted octanol–water partition coefficient (Wildman–Crippen LogP) is 4.33. The van der Waals surface area contributed by atoms with Crippen molar-refractivity contribution in [3.8, 4) is 10.7 Å². The van der Waals surface area contributed by atoms with Crippen molar-refractivity contribution in [2.75, 3.05) is 13.1 Å². The maximum absolute atomic E-state index is 13.1. The Morgan fingerprint density at radius 2 is 2.15 bits per heavy atom. The van der Waals surface area contributed by atoms with Crippen LogP contribution in [0.15, 0.2) is 45.1 Å². The summed E-state index contributed by atoms with van der Waals surface area (Å²) in [5.74, 6) is 0.918. The van der Waals surface area contributed by atoms with Crippen LogP contribution in [0.5, 0.6) is 0 Å². The maximum atomic E-state index is 13.1. The van der Waals surface area contributed by atoms with Gasteiger partial charge in [0.1, 0.15) is 0 Å². The number of halogens is 1. The lowest BCUT2D eigenvalue weighted by atomic mass is 10.00. The zero-order valence-electron chi connectivity index (χ0n) is 14.6. The second-order valence-corrected chi connectivity index (χ2v) is 9.76. The van der Waals surface area contributed by atoms with Crippen LogP contribution in [0.2, 0.25) is 5.02 Å². The second kappa shape index (κ2) is 7.35. The first kappa shape index (κ1) is 18.6. The molecule has 0 N–H and O–H groups in total. The van der Waals surface area contributed by atoms with E-state index in [9.17, 15) is 8.42 Å². The zero-order valence-corrected chi connectivity index (χ0v) is 17.0. The quantitative estimate of drug-likeness (QED) is 0.624. The van der Waals surface area contributed by atoms with Crippen LogP contribution in [-0.2, 0) is 10.0 Å². The van der Waals surface area contributed by atoms with E-state index < -0.39 is 10.0 Å². The van der Waals surface area contributed by atoms with Crippen LogP contribution < -0.4 is 0 Å². The van der Waals surface area contributed by atoms with Crippen LogP contribution in [0.3, 0.4) is 0 Å². The van der Waals surface area contributed by atoms with Crippen molar-refractivity contribution >= 4 is 33.0 Å². The zero-order chi connectivity index (χ0) is 19.0. The molecule has 27 heavy (non-hydrogen) atoms. The highest BCUT2D eigenvalue weighted by Gasteiger charge is 2.34. The number of nitrogens with zero attached hydrogens (tertiary/aromatic N) is 3. The topological polar surface area (TPSA) is 76.3 Å². The number of sulfonamides is 1. The summed E-state index contributed by atoms with van der Waals surface area (Å²) < 4.78 is 33.2. The Hall–Kier alpha value is -1.74. The fraction of sp³-hybridized carbons (Fsp3) is 0.333. The number of rotatable bonds is 4. The Balaban J connectivity index is 1.59. The Bertz CT molecular complexity index is 1050. The smallest absolute Gasteiger partial charge is 0.243 e. The summed E-state index contributed by atoms with van der Waals surface area (Å²) in [6, 6.07) is 8.81. The lowest BCUT2D eigenvalue weighted by Crippen LogP contribution is -2.39. The van der Waals surface area contributed by atoms with E-state index >= 15 is 0 Å². The van der Waals surface area contributed by atoms with Gasteiger partial charge in [-0.1, -0.05) is 28.9 Å². The van der Waals surface area contributed by atoms with Gasteiger partial charge < -0.3 is 4.52 Å². The van der Waals surface area contributed by atoms with E-state index in [0.717, 1.165) is 17.7 Å². The number of hydrogen-bond donors (Lipinski definition) is 0. The fourth-order valence-electron chi connectivity index (χ4n) is 3.28. The molecule has 6 nitrogen and oxygen atoms in total. The highest BCUT2D eigenvalue weighted by molar-refractivity contribution is 7.89. The summed E-state index contributed by atoms with van der Waals surface area (Å²) in [5.41, 5.74) is 0.569. The molecule has 1 aromatic carbocycles. The summed E-state index contributed by atoms with van der Waals surface area (Å²) in [6.07, 6.45) is 1.55. The largest absolute Gasteiger partial charge is 0.339 e. The number of hydrogen-bond acceptors (Lipinski definition) is 6. The lowest BCUT2D eigenvalue weighted by Gasteiger charge is -2.30. The van der Waals surface area contributed by atoms with Crippen molar-refractivity contribution in [3.05, 3.63) is 52.2 Å². The van der Waals surface area contributed by atoms with Gasteiger partial charge in [-0.2, -0.15) is 9.29 Å². The normalized spacial score (nSPS) is 18.7. The van der Waals surface area contributed by atoms with Gasteiger partial charge in [-0.15, -0.1) is 11.3 Å². The van der Waals surface area contributed by atoms with E-state index in [1.54, 1.807) is 25.1 Å². The van der Waals surface area contributed by atoms with Gasteiger partial charge in [-0.05, 0) is 48.9 Å². The van der Waals surface area contributed by atoms with Crippen molar-refractivity contribution in [1.82, 2.24) is 14.4 Å². The molecule has 1 fully saturated rings. The van der Waals surface area contributed by atoms with Crippen LogP contribution in [0.4, 0.5) is 0 Å². The highest BCUT2D eigenvalue weighted by atomic mass is 35.5. The first-order valence-corrected chi connectivity index (χ1v) is 11.3. The summed E-state index contributed by atoms with van der Waals surface area (Å²) in [5, 5.41) is 6.44. The fourth-order valence-corrected chi connectivity index (χ4v) is 5.93. The number of aromatic nitrogens is 2. The van der Waals surface area contributed by atoms with Crippen molar-refractivity contribution in [2.45, 2.75) is 30.6 Å². The van der Waals surface area contributed by atoms with Gasteiger partial charge in [0, 0.05) is 18.1 Å². The highest BCUT2D eigenvalue weighted by Crippen LogP contribution is 2.33. The van der Waals surface area contributed by atoms with Crippen molar-refractivity contribution in [2.24, 2.45) is 0 Å². The van der Waals surface area contributed by atoms with E-state index in [2.05, 4.69) is 10.1 Å². The molecular formula is C18H18ClN3O3S2. The molecule has 0 saturated carbocycles. The molecule has 1 saturated heterocycles. The van der Waals surface area contributed by atoms with Crippen molar-refractivity contribution in [1.29, 1.82) is 0 Å². The maximum Gasteiger partial charge on any atom is 0.243 e. The number of piperidine rings is 1. The minimum Gasteiger partial charge on any atom is -0.339 e. The third kappa shape index (κ3) is 3.54. The van der Waals surface area contributed by atoms with Gasteiger partial charge in [0.25, 0.3) is 0 Å². The Kier molecular flexibility index (Phi) is 5.07. The molecule has 0 bridgehead atoms. The molecule has 1 atom stereocenters. The van der Waals surface area contributed by atoms with Gasteiger partial charge >= 0.3 is 0 Å². The summed E-state index contributed by atoms with van der Waals surface area (Å²) >= 11 is 7.66. The minimum atomic E-state index is -3.63. The van der Waals surface area contributed by atoms with Gasteiger partial charge in [0.05, 0.1) is 15.7 Å². The standard InChI is InChI=1S/C18H18ClN3O3S2/c1-12-14(19)6-2-8-16(12)27(23,24)22-9-3-5-13(11-22)18-20-17(21-25-18)15-7-4-10-26-15/h2,4,6-8,10,13H,3,5,9,11H2,1H3. The molecule has 0 aliphatic carbocycles. The molecule has 0 amide bonds. The average Bonchev–Trinajstić information content (AvgIpc) is 3.35. The number of benzene rings is 1. The molecule has 3 aromatic rings. The van der Waals surface area contributed by atoms with Gasteiger partial charge in [-0.3, -0.25) is 0 Å².